The third-order valence-corrected chi connectivity index (χ3v) is 3.65. The summed E-state index contributed by atoms with van der Waals surface area (Å²) < 4.78 is 1.71. The van der Waals surface area contributed by atoms with Crippen molar-refractivity contribution in [1.29, 1.82) is 0 Å². The van der Waals surface area contributed by atoms with Gasteiger partial charge in [-0.3, -0.25) is 4.79 Å². The van der Waals surface area contributed by atoms with Crippen molar-refractivity contribution in [3.8, 4) is 0 Å². The van der Waals surface area contributed by atoms with E-state index in [1.807, 2.05) is 44.2 Å². The Hall–Kier alpha value is -2.76. The molecule has 0 saturated heterocycles. The fourth-order valence-corrected chi connectivity index (χ4v) is 2.50. The highest BCUT2D eigenvalue weighted by atomic mass is 16.1. The molecule has 112 valence electrons. The topological polar surface area (TPSA) is 72.2 Å². The fraction of sp³-hybridized carbons (Fsp3) is 0.250. The molecule has 0 aliphatic carbocycles. The summed E-state index contributed by atoms with van der Waals surface area (Å²) >= 11 is 0. The Morgan fingerprint density at radius 1 is 1.23 bits per heavy atom. The average molecular weight is 295 g/mol. The van der Waals surface area contributed by atoms with Crippen LogP contribution in [0, 0.1) is 13.8 Å². The van der Waals surface area contributed by atoms with Crippen molar-refractivity contribution >= 4 is 17.4 Å². The molecule has 0 atom stereocenters. The number of amides is 1. The van der Waals surface area contributed by atoms with Crippen molar-refractivity contribution in [3.05, 3.63) is 53.6 Å². The minimum atomic E-state index is -0.0105. The smallest absolute Gasteiger partial charge is 0.252 e. The Balaban J connectivity index is 1.72. The molecule has 22 heavy (non-hydrogen) atoms. The zero-order valence-corrected chi connectivity index (χ0v) is 12.6. The molecule has 3 rings (SSSR count). The van der Waals surface area contributed by atoms with Crippen LogP contribution in [0.1, 0.15) is 23.4 Å². The maximum absolute atomic E-state index is 12.1. The van der Waals surface area contributed by atoms with E-state index < -0.39 is 0 Å². The molecule has 0 saturated carbocycles. The number of carbonyl (C=O) groups excluding carboxylic acids is 1. The molecule has 0 aliphatic rings. The SMILES string of the molecule is Cc1nc2ncnn2c(C)c1CCC(=O)Nc1ccccc1. The van der Waals surface area contributed by atoms with E-state index in [1.165, 1.54) is 6.33 Å². The van der Waals surface area contributed by atoms with Gasteiger partial charge in [0, 0.05) is 23.5 Å². The van der Waals surface area contributed by atoms with Crippen LogP contribution in [0.2, 0.25) is 0 Å². The number of para-hydroxylation sites is 1. The largest absolute Gasteiger partial charge is 0.326 e. The van der Waals surface area contributed by atoms with Crippen molar-refractivity contribution < 1.29 is 4.79 Å². The van der Waals surface area contributed by atoms with Gasteiger partial charge in [-0.1, -0.05) is 18.2 Å². The van der Waals surface area contributed by atoms with Crippen molar-refractivity contribution in [2.45, 2.75) is 26.7 Å². The highest BCUT2D eigenvalue weighted by Crippen LogP contribution is 2.15. The molecule has 0 fully saturated rings. The third kappa shape index (κ3) is 2.81. The van der Waals surface area contributed by atoms with E-state index in [2.05, 4.69) is 20.4 Å². The number of hydrogen-bond acceptors (Lipinski definition) is 4. The molecular weight excluding hydrogens is 278 g/mol. The van der Waals surface area contributed by atoms with Gasteiger partial charge >= 0.3 is 0 Å². The maximum Gasteiger partial charge on any atom is 0.252 e. The molecule has 0 aliphatic heterocycles. The Morgan fingerprint density at radius 2 is 2.00 bits per heavy atom. The molecule has 0 bridgehead atoms. The zero-order chi connectivity index (χ0) is 15.5. The Bertz CT molecular complexity index is 810. The van der Waals surface area contributed by atoms with Crippen LogP contribution in [0.15, 0.2) is 36.7 Å². The van der Waals surface area contributed by atoms with Crippen LogP contribution >= 0.6 is 0 Å². The summed E-state index contributed by atoms with van der Waals surface area (Å²) in [7, 11) is 0. The van der Waals surface area contributed by atoms with Crippen molar-refractivity contribution in [1.82, 2.24) is 19.6 Å². The summed E-state index contributed by atoms with van der Waals surface area (Å²) in [6, 6.07) is 9.45. The lowest BCUT2D eigenvalue weighted by Gasteiger charge is -2.10. The number of benzene rings is 1. The van der Waals surface area contributed by atoms with Crippen LogP contribution < -0.4 is 5.32 Å². The monoisotopic (exact) mass is 295 g/mol. The first kappa shape index (κ1) is 14.2. The van der Waals surface area contributed by atoms with Crippen molar-refractivity contribution in [2.75, 3.05) is 5.32 Å². The van der Waals surface area contributed by atoms with E-state index in [-0.39, 0.29) is 5.91 Å². The number of rotatable bonds is 4. The van der Waals surface area contributed by atoms with Crippen LogP contribution in [0.5, 0.6) is 0 Å². The van der Waals surface area contributed by atoms with Crippen LogP contribution in [-0.2, 0) is 11.2 Å². The summed E-state index contributed by atoms with van der Waals surface area (Å²) in [5.41, 5.74) is 3.73. The fourth-order valence-electron chi connectivity index (χ4n) is 2.50. The van der Waals surface area contributed by atoms with E-state index in [1.54, 1.807) is 4.52 Å². The van der Waals surface area contributed by atoms with Crippen LogP contribution in [-0.4, -0.2) is 25.5 Å². The van der Waals surface area contributed by atoms with Crippen molar-refractivity contribution in [3.63, 3.8) is 0 Å². The maximum atomic E-state index is 12.1. The first-order valence-corrected chi connectivity index (χ1v) is 7.16. The van der Waals surface area contributed by atoms with Crippen LogP contribution in [0.4, 0.5) is 5.69 Å². The molecule has 1 aromatic carbocycles. The summed E-state index contributed by atoms with van der Waals surface area (Å²) in [6.45, 7) is 3.91. The van der Waals surface area contributed by atoms with Gasteiger partial charge in [-0.15, -0.1) is 0 Å². The first-order valence-electron chi connectivity index (χ1n) is 7.16. The third-order valence-electron chi connectivity index (χ3n) is 3.65. The van der Waals surface area contributed by atoms with Crippen LogP contribution in [0.25, 0.3) is 5.78 Å². The van der Waals surface area contributed by atoms with E-state index in [0.717, 1.165) is 22.6 Å². The molecule has 3 aromatic rings. The first-order chi connectivity index (χ1) is 10.6. The van der Waals surface area contributed by atoms with Gasteiger partial charge in [0.2, 0.25) is 5.91 Å². The van der Waals surface area contributed by atoms with E-state index in [9.17, 15) is 4.79 Å². The lowest BCUT2D eigenvalue weighted by atomic mass is 10.1. The lowest BCUT2D eigenvalue weighted by molar-refractivity contribution is -0.116. The summed E-state index contributed by atoms with van der Waals surface area (Å²) in [6.07, 6.45) is 2.51. The Morgan fingerprint density at radius 3 is 2.77 bits per heavy atom. The predicted molar refractivity (Wildman–Crippen MR) is 83.6 cm³/mol. The highest BCUT2D eigenvalue weighted by molar-refractivity contribution is 5.90. The minimum Gasteiger partial charge on any atom is -0.326 e. The van der Waals surface area contributed by atoms with E-state index in [4.69, 9.17) is 0 Å². The van der Waals surface area contributed by atoms with Crippen molar-refractivity contribution in [2.24, 2.45) is 0 Å². The second-order valence-electron chi connectivity index (χ2n) is 5.15. The van der Waals surface area contributed by atoms with Gasteiger partial charge in [0.25, 0.3) is 5.78 Å². The Labute approximate surface area is 128 Å². The molecule has 0 unspecified atom stereocenters. The molecule has 2 aromatic heterocycles. The van der Waals surface area contributed by atoms with Gasteiger partial charge in [-0.2, -0.15) is 10.1 Å². The molecular formula is C16H17N5O. The number of aryl methyl sites for hydroxylation is 2. The standard InChI is InChI=1S/C16H17N5O/c1-11-14(12(2)21-16(19-11)17-10-18-21)8-9-15(22)20-13-6-4-3-5-7-13/h3-7,10H,8-9H2,1-2H3,(H,20,22). The molecule has 1 amide bonds. The quantitative estimate of drug-likeness (QED) is 0.801. The highest BCUT2D eigenvalue weighted by Gasteiger charge is 2.12. The summed E-state index contributed by atoms with van der Waals surface area (Å²) in [4.78, 5) is 20.6. The molecule has 0 spiro atoms. The number of anilines is 1. The number of hydrogen-bond donors (Lipinski definition) is 1. The number of carbonyl (C=O) groups is 1. The zero-order valence-electron chi connectivity index (χ0n) is 12.6. The average Bonchev–Trinajstić information content (AvgIpc) is 2.96. The summed E-state index contributed by atoms with van der Waals surface area (Å²) in [5.74, 6) is 0.580. The second-order valence-corrected chi connectivity index (χ2v) is 5.15. The molecule has 6 heteroatoms. The molecule has 6 nitrogen and oxygen atoms in total. The van der Waals surface area contributed by atoms with Crippen LogP contribution in [0.3, 0.4) is 0 Å². The van der Waals surface area contributed by atoms with E-state index in [0.29, 0.717) is 18.6 Å². The molecule has 0 radical (unpaired) electrons. The van der Waals surface area contributed by atoms with Gasteiger partial charge < -0.3 is 5.32 Å². The van der Waals surface area contributed by atoms with Gasteiger partial charge in [0.15, 0.2) is 0 Å². The predicted octanol–water partition coefficient (Wildman–Crippen LogP) is 2.31. The summed E-state index contributed by atoms with van der Waals surface area (Å²) in [5, 5.41) is 7.05. The van der Waals surface area contributed by atoms with Gasteiger partial charge in [0.1, 0.15) is 6.33 Å². The van der Waals surface area contributed by atoms with Gasteiger partial charge in [-0.25, -0.2) is 9.50 Å². The van der Waals surface area contributed by atoms with E-state index >= 15 is 0 Å². The lowest BCUT2D eigenvalue weighted by Crippen LogP contribution is -2.14. The number of nitrogens with one attached hydrogen (secondary N) is 1. The molecule has 2 heterocycles. The Kier molecular flexibility index (Phi) is 3.82. The minimum absolute atomic E-state index is 0.0105. The number of aromatic nitrogens is 4. The molecule has 1 N–H and O–H groups in total. The number of fused-ring (bicyclic) bond motifs is 1. The second kappa shape index (κ2) is 5.93. The van der Waals surface area contributed by atoms with Gasteiger partial charge in [-0.05, 0) is 38.0 Å². The number of nitrogens with zero attached hydrogens (tertiary/aromatic N) is 4. The normalized spacial score (nSPS) is 10.8. The van der Waals surface area contributed by atoms with Gasteiger partial charge in [0.05, 0.1) is 0 Å².